The summed E-state index contributed by atoms with van der Waals surface area (Å²) < 4.78 is 17.1. The first-order valence-electron chi connectivity index (χ1n) is 12.3. The van der Waals surface area contributed by atoms with E-state index >= 15 is 0 Å². The van der Waals surface area contributed by atoms with Gasteiger partial charge in [-0.3, -0.25) is 4.90 Å². The van der Waals surface area contributed by atoms with Crippen LogP contribution >= 0.6 is 0 Å². The number of ether oxygens (including phenoxy) is 3. The maximum absolute atomic E-state index is 9.11. The Labute approximate surface area is 199 Å². The lowest BCUT2D eigenvalue weighted by molar-refractivity contribution is 0.139. The molecule has 0 fully saturated rings. The fourth-order valence-electron chi connectivity index (χ4n) is 3.98. The molecule has 2 rings (SSSR count). The van der Waals surface area contributed by atoms with Crippen molar-refractivity contribution in [3.05, 3.63) is 53.5 Å². The van der Waals surface area contributed by atoms with Crippen LogP contribution in [-0.2, 0) is 0 Å². The molecule has 0 radical (unpaired) electrons. The van der Waals surface area contributed by atoms with Crippen LogP contribution in [0, 0.1) is 5.39 Å². The molecule has 2 aromatic rings. The van der Waals surface area contributed by atoms with Gasteiger partial charge in [0.1, 0.15) is 18.1 Å². The first kappa shape index (κ1) is 26.5. The van der Waals surface area contributed by atoms with Gasteiger partial charge in [0.05, 0.1) is 13.7 Å². The Hall–Kier alpha value is -2.78. The average Bonchev–Trinajstić information content (AvgIpc) is 2.86. The lowest BCUT2D eigenvalue weighted by Crippen LogP contribution is -2.39. The molecular weight excluding hydrogens is 414 g/mol. The Balaban J connectivity index is 1.85. The van der Waals surface area contributed by atoms with E-state index in [1.807, 2.05) is 42.5 Å². The van der Waals surface area contributed by atoms with Crippen LogP contribution in [0.15, 0.2) is 48.5 Å². The van der Waals surface area contributed by atoms with Crippen LogP contribution in [0.5, 0.6) is 17.2 Å². The standard InChI is InChI=1S/C27H40N3O3/c1-4-6-7-10-19-30(20-22-32-25-17-15-24(31-3)16-18-25)23(5-2)12-11-21-33-27-14-9-8-13-26(27)29-28/h8-9,13-18,23H,4-7,10-12,19-22H2,1-3H3/q+1. The SMILES string of the molecule is CCCCCCN(CCOc1ccc(OC)cc1)C(CC)CCCOc1ccccc1[N+]#N. The second-order valence-corrected chi connectivity index (χ2v) is 8.24. The molecule has 0 saturated carbocycles. The molecule has 6 heteroatoms. The lowest BCUT2D eigenvalue weighted by Gasteiger charge is -2.31. The van der Waals surface area contributed by atoms with E-state index in [4.69, 9.17) is 19.6 Å². The molecule has 0 amide bonds. The van der Waals surface area contributed by atoms with Crippen molar-refractivity contribution in [2.75, 3.05) is 33.4 Å². The van der Waals surface area contributed by atoms with E-state index < -0.39 is 0 Å². The normalized spacial score (nSPS) is 11.7. The molecule has 33 heavy (non-hydrogen) atoms. The van der Waals surface area contributed by atoms with Crippen LogP contribution in [0.2, 0.25) is 0 Å². The van der Waals surface area contributed by atoms with E-state index in [0.29, 0.717) is 30.7 Å². The maximum Gasteiger partial charge on any atom is 0.426 e. The summed E-state index contributed by atoms with van der Waals surface area (Å²) >= 11 is 0. The van der Waals surface area contributed by atoms with Gasteiger partial charge in [-0.2, -0.15) is 0 Å². The van der Waals surface area contributed by atoms with Crippen LogP contribution in [0.4, 0.5) is 5.69 Å². The first-order chi connectivity index (χ1) is 16.2. The molecule has 0 heterocycles. The lowest BCUT2D eigenvalue weighted by atomic mass is 10.1. The summed E-state index contributed by atoms with van der Waals surface area (Å²) in [5.74, 6) is 2.33. The highest BCUT2D eigenvalue weighted by atomic mass is 16.5. The number of diazo groups is 1. The molecule has 0 bridgehead atoms. The van der Waals surface area contributed by atoms with Crippen molar-refractivity contribution in [1.29, 1.82) is 5.39 Å². The monoisotopic (exact) mass is 454 g/mol. The van der Waals surface area contributed by atoms with Crippen LogP contribution < -0.4 is 14.2 Å². The Bertz CT molecular complexity index is 820. The number of hydrogen-bond acceptors (Lipinski definition) is 5. The highest BCUT2D eigenvalue weighted by Crippen LogP contribution is 2.27. The second-order valence-electron chi connectivity index (χ2n) is 8.24. The summed E-state index contributed by atoms with van der Waals surface area (Å²) in [5.41, 5.74) is 0.470. The van der Waals surface area contributed by atoms with Crippen molar-refractivity contribution in [2.24, 2.45) is 0 Å². The zero-order chi connectivity index (χ0) is 23.7. The largest absolute Gasteiger partial charge is 0.497 e. The van der Waals surface area contributed by atoms with Crippen LogP contribution in [-0.4, -0.2) is 44.4 Å². The molecule has 0 aliphatic carbocycles. The Morgan fingerprint density at radius 3 is 2.30 bits per heavy atom. The van der Waals surface area contributed by atoms with Gasteiger partial charge in [-0.25, -0.2) is 0 Å². The van der Waals surface area contributed by atoms with Gasteiger partial charge in [0.15, 0.2) is 4.98 Å². The van der Waals surface area contributed by atoms with Crippen molar-refractivity contribution in [1.82, 2.24) is 4.90 Å². The summed E-state index contributed by atoms with van der Waals surface area (Å²) in [7, 11) is 1.67. The molecule has 2 aromatic carbocycles. The minimum absolute atomic E-state index is 0.470. The van der Waals surface area contributed by atoms with E-state index in [1.54, 1.807) is 13.2 Å². The molecule has 0 aliphatic rings. The average molecular weight is 455 g/mol. The third kappa shape index (κ3) is 9.71. The highest BCUT2D eigenvalue weighted by molar-refractivity contribution is 5.56. The Morgan fingerprint density at radius 1 is 0.848 bits per heavy atom. The van der Waals surface area contributed by atoms with Crippen LogP contribution in [0.3, 0.4) is 0 Å². The summed E-state index contributed by atoms with van der Waals surface area (Å²) in [6, 6.07) is 15.6. The van der Waals surface area contributed by atoms with Crippen molar-refractivity contribution in [3.63, 3.8) is 0 Å². The van der Waals surface area contributed by atoms with Crippen molar-refractivity contribution in [3.8, 4) is 17.2 Å². The number of benzene rings is 2. The van der Waals surface area contributed by atoms with Gasteiger partial charge < -0.3 is 14.2 Å². The molecule has 0 spiro atoms. The zero-order valence-electron chi connectivity index (χ0n) is 20.5. The highest BCUT2D eigenvalue weighted by Gasteiger charge is 2.18. The molecule has 6 nitrogen and oxygen atoms in total. The number of nitrogens with zero attached hydrogens (tertiary/aromatic N) is 3. The molecule has 180 valence electrons. The minimum atomic E-state index is 0.470. The Kier molecular flexibility index (Phi) is 12.8. The van der Waals surface area contributed by atoms with Gasteiger partial charge in [0.2, 0.25) is 11.1 Å². The third-order valence-corrected chi connectivity index (χ3v) is 5.91. The van der Waals surface area contributed by atoms with E-state index in [0.717, 1.165) is 43.9 Å². The molecule has 0 N–H and O–H groups in total. The third-order valence-electron chi connectivity index (χ3n) is 5.91. The number of rotatable bonds is 17. The molecule has 1 atom stereocenters. The van der Waals surface area contributed by atoms with Crippen LogP contribution in [0.25, 0.3) is 4.98 Å². The predicted molar refractivity (Wildman–Crippen MR) is 134 cm³/mol. The van der Waals surface area contributed by atoms with Gasteiger partial charge in [0.25, 0.3) is 0 Å². The van der Waals surface area contributed by atoms with E-state index in [2.05, 4.69) is 23.7 Å². The molecule has 0 aliphatic heterocycles. The first-order valence-corrected chi connectivity index (χ1v) is 12.3. The van der Waals surface area contributed by atoms with E-state index in [-0.39, 0.29) is 0 Å². The van der Waals surface area contributed by atoms with Gasteiger partial charge in [0, 0.05) is 18.7 Å². The summed E-state index contributed by atoms with van der Waals surface area (Å²) in [4.78, 5) is 5.87. The fourth-order valence-corrected chi connectivity index (χ4v) is 3.98. The fraction of sp³-hybridized carbons (Fsp3) is 0.556. The predicted octanol–water partition coefficient (Wildman–Crippen LogP) is 7.08. The zero-order valence-corrected chi connectivity index (χ0v) is 20.5. The maximum atomic E-state index is 9.11. The minimum Gasteiger partial charge on any atom is -0.497 e. The second kappa shape index (κ2) is 15.9. The van der Waals surface area contributed by atoms with E-state index in [1.165, 1.54) is 25.7 Å². The summed E-state index contributed by atoms with van der Waals surface area (Å²) in [5, 5.41) is 9.11. The quantitative estimate of drug-likeness (QED) is 0.189. The van der Waals surface area contributed by atoms with Crippen molar-refractivity contribution in [2.45, 2.75) is 64.8 Å². The number of methoxy groups -OCH3 is 1. The number of unbranched alkanes of at least 4 members (excludes halogenated alkanes) is 3. The summed E-state index contributed by atoms with van der Waals surface area (Å²) in [6.45, 7) is 7.78. The summed E-state index contributed by atoms with van der Waals surface area (Å²) in [6.07, 6.45) is 8.13. The smallest absolute Gasteiger partial charge is 0.426 e. The molecule has 1 unspecified atom stereocenters. The van der Waals surface area contributed by atoms with Gasteiger partial charge in [-0.15, -0.1) is 0 Å². The number of hydrogen-bond donors (Lipinski definition) is 0. The Morgan fingerprint density at radius 2 is 1.61 bits per heavy atom. The van der Waals surface area contributed by atoms with Gasteiger partial charge in [-0.05, 0) is 62.6 Å². The molecule has 0 saturated heterocycles. The van der Waals surface area contributed by atoms with E-state index in [9.17, 15) is 0 Å². The van der Waals surface area contributed by atoms with Gasteiger partial charge >= 0.3 is 5.69 Å². The van der Waals surface area contributed by atoms with Gasteiger partial charge in [-0.1, -0.05) is 45.2 Å². The molecular formula is C27H40N3O3+. The van der Waals surface area contributed by atoms with Crippen LogP contribution in [0.1, 0.15) is 58.8 Å². The van der Waals surface area contributed by atoms with Crippen molar-refractivity contribution >= 4 is 5.69 Å². The number of para-hydroxylation sites is 1. The molecule has 0 aromatic heterocycles. The topological polar surface area (TPSA) is 59.1 Å². The van der Waals surface area contributed by atoms with Crippen molar-refractivity contribution < 1.29 is 14.2 Å².